The van der Waals surface area contributed by atoms with Crippen molar-refractivity contribution < 1.29 is 4.79 Å². The predicted molar refractivity (Wildman–Crippen MR) is 82.9 cm³/mol. The zero-order valence-corrected chi connectivity index (χ0v) is 12.9. The molecule has 2 aromatic rings. The van der Waals surface area contributed by atoms with Gasteiger partial charge in [-0.15, -0.1) is 0 Å². The molecule has 0 aliphatic heterocycles. The molecule has 0 saturated heterocycles. The van der Waals surface area contributed by atoms with Crippen molar-refractivity contribution in [2.75, 3.05) is 5.32 Å². The molecule has 20 heavy (non-hydrogen) atoms. The van der Waals surface area contributed by atoms with E-state index < -0.39 is 5.41 Å². The van der Waals surface area contributed by atoms with Crippen LogP contribution < -0.4 is 5.32 Å². The smallest absolute Gasteiger partial charge is 0.235 e. The normalized spacial score (nSPS) is 15.7. The van der Waals surface area contributed by atoms with E-state index in [4.69, 9.17) is 11.6 Å². The van der Waals surface area contributed by atoms with Crippen LogP contribution in [0, 0.1) is 0 Å². The minimum absolute atomic E-state index is 0.0227. The Morgan fingerprint density at radius 2 is 2.00 bits per heavy atom. The second-order valence-electron chi connectivity index (χ2n) is 4.89. The summed E-state index contributed by atoms with van der Waals surface area (Å²) in [5.41, 5.74) is 1.18. The van der Waals surface area contributed by atoms with Crippen LogP contribution in [0.2, 0.25) is 5.15 Å². The van der Waals surface area contributed by atoms with Crippen LogP contribution in [0.1, 0.15) is 18.4 Å². The van der Waals surface area contributed by atoms with E-state index in [1.807, 2.05) is 30.3 Å². The number of rotatable bonds is 3. The molecule has 0 spiro atoms. The van der Waals surface area contributed by atoms with E-state index in [1.54, 1.807) is 12.3 Å². The van der Waals surface area contributed by atoms with E-state index in [9.17, 15) is 4.79 Å². The molecule has 1 saturated carbocycles. The first-order valence-corrected chi connectivity index (χ1v) is 7.47. The van der Waals surface area contributed by atoms with E-state index in [1.165, 1.54) is 0 Å². The number of aromatic nitrogens is 1. The summed E-state index contributed by atoms with van der Waals surface area (Å²) in [6, 6.07) is 11.6. The lowest BCUT2D eigenvalue weighted by molar-refractivity contribution is -0.118. The van der Waals surface area contributed by atoms with Crippen LogP contribution in [0.3, 0.4) is 0 Å². The second-order valence-corrected chi connectivity index (χ2v) is 6.17. The third-order valence-corrected chi connectivity index (χ3v) is 4.30. The van der Waals surface area contributed by atoms with Crippen molar-refractivity contribution in [2.24, 2.45) is 0 Å². The van der Waals surface area contributed by atoms with Crippen LogP contribution in [-0.2, 0) is 10.2 Å². The van der Waals surface area contributed by atoms with Gasteiger partial charge in [-0.3, -0.25) is 4.79 Å². The summed E-state index contributed by atoms with van der Waals surface area (Å²) >= 11 is 9.33. The van der Waals surface area contributed by atoms with Crippen molar-refractivity contribution in [3.05, 3.63) is 57.8 Å². The molecule has 1 aromatic heterocycles. The fourth-order valence-electron chi connectivity index (χ4n) is 2.28. The molecule has 0 bridgehead atoms. The quantitative estimate of drug-likeness (QED) is 0.843. The monoisotopic (exact) mass is 350 g/mol. The molecule has 1 aliphatic rings. The number of carbonyl (C=O) groups excluding carboxylic acids is 1. The van der Waals surface area contributed by atoms with Gasteiger partial charge in [0.15, 0.2) is 5.15 Å². The standard InChI is InChI=1S/C15H12BrClN2O/c16-11-8-12(13(17)18-9-11)19-14(20)15(6-7-15)10-4-2-1-3-5-10/h1-5,8-9H,6-7H2,(H,19,20). The number of anilines is 1. The fraction of sp³-hybridized carbons (Fsp3) is 0.200. The van der Waals surface area contributed by atoms with Crippen molar-refractivity contribution in [1.82, 2.24) is 4.98 Å². The third kappa shape index (κ3) is 2.45. The molecule has 1 heterocycles. The highest BCUT2D eigenvalue weighted by atomic mass is 79.9. The molecular formula is C15H12BrClN2O. The molecule has 1 amide bonds. The first-order valence-electron chi connectivity index (χ1n) is 6.30. The SMILES string of the molecule is O=C(Nc1cc(Br)cnc1Cl)C1(c2ccccc2)CC1. The average Bonchev–Trinajstić information content (AvgIpc) is 3.25. The van der Waals surface area contributed by atoms with Crippen LogP contribution in [0.4, 0.5) is 5.69 Å². The van der Waals surface area contributed by atoms with Crippen LogP contribution in [0.5, 0.6) is 0 Å². The van der Waals surface area contributed by atoms with Gasteiger partial charge >= 0.3 is 0 Å². The van der Waals surface area contributed by atoms with E-state index in [0.29, 0.717) is 10.8 Å². The van der Waals surface area contributed by atoms with Gasteiger partial charge in [-0.05, 0) is 40.4 Å². The van der Waals surface area contributed by atoms with Crippen molar-refractivity contribution in [3.8, 4) is 0 Å². The lowest BCUT2D eigenvalue weighted by atomic mass is 9.95. The molecule has 0 unspecified atom stereocenters. The molecule has 1 aromatic carbocycles. The van der Waals surface area contributed by atoms with E-state index in [2.05, 4.69) is 26.2 Å². The molecule has 0 atom stereocenters. The first-order chi connectivity index (χ1) is 9.62. The highest BCUT2D eigenvalue weighted by molar-refractivity contribution is 9.10. The van der Waals surface area contributed by atoms with Crippen LogP contribution >= 0.6 is 27.5 Å². The zero-order chi connectivity index (χ0) is 14.2. The summed E-state index contributed by atoms with van der Waals surface area (Å²) in [5, 5.41) is 3.19. The summed E-state index contributed by atoms with van der Waals surface area (Å²) in [6.45, 7) is 0. The lowest BCUT2D eigenvalue weighted by Crippen LogP contribution is -2.28. The number of carbonyl (C=O) groups is 1. The number of hydrogen-bond acceptors (Lipinski definition) is 2. The van der Waals surface area contributed by atoms with Gasteiger partial charge in [-0.25, -0.2) is 4.98 Å². The molecule has 0 radical (unpaired) electrons. The summed E-state index contributed by atoms with van der Waals surface area (Å²) < 4.78 is 0.779. The van der Waals surface area contributed by atoms with Gasteiger partial charge < -0.3 is 5.32 Å². The van der Waals surface area contributed by atoms with Crippen molar-refractivity contribution in [3.63, 3.8) is 0 Å². The molecular weight excluding hydrogens is 340 g/mol. The fourth-order valence-corrected chi connectivity index (χ4v) is 2.76. The Morgan fingerprint density at radius 3 is 2.65 bits per heavy atom. The van der Waals surface area contributed by atoms with Gasteiger partial charge in [0.2, 0.25) is 5.91 Å². The van der Waals surface area contributed by atoms with Crippen LogP contribution in [0.25, 0.3) is 0 Å². The summed E-state index contributed by atoms with van der Waals surface area (Å²) in [7, 11) is 0. The van der Waals surface area contributed by atoms with Gasteiger partial charge in [0.1, 0.15) is 0 Å². The number of pyridine rings is 1. The number of hydrogen-bond donors (Lipinski definition) is 1. The number of amides is 1. The molecule has 1 aliphatic carbocycles. The zero-order valence-electron chi connectivity index (χ0n) is 10.6. The number of halogens is 2. The largest absolute Gasteiger partial charge is 0.323 e. The Morgan fingerprint density at radius 1 is 1.30 bits per heavy atom. The summed E-state index contributed by atoms with van der Waals surface area (Å²) in [5.74, 6) is -0.0227. The molecule has 1 fully saturated rings. The van der Waals surface area contributed by atoms with E-state index >= 15 is 0 Å². The number of nitrogens with zero attached hydrogens (tertiary/aromatic N) is 1. The Kier molecular flexibility index (Phi) is 3.52. The summed E-state index contributed by atoms with van der Waals surface area (Å²) in [4.78, 5) is 16.6. The van der Waals surface area contributed by atoms with Crippen molar-refractivity contribution in [2.45, 2.75) is 18.3 Å². The second kappa shape index (κ2) is 5.19. The maximum atomic E-state index is 12.5. The Hall–Kier alpha value is -1.39. The van der Waals surface area contributed by atoms with Crippen molar-refractivity contribution in [1.29, 1.82) is 0 Å². The first kappa shape index (κ1) is 13.6. The van der Waals surface area contributed by atoms with E-state index in [-0.39, 0.29) is 5.91 Å². The maximum absolute atomic E-state index is 12.5. The summed E-state index contributed by atoms with van der Waals surface area (Å²) in [6.07, 6.45) is 3.33. The molecule has 3 nitrogen and oxygen atoms in total. The minimum Gasteiger partial charge on any atom is -0.323 e. The highest BCUT2D eigenvalue weighted by Crippen LogP contribution is 2.49. The predicted octanol–water partition coefficient (Wildman–Crippen LogP) is 4.17. The van der Waals surface area contributed by atoms with Gasteiger partial charge in [0, 0.05) is 10.7 Å². The lowest BCUT2D eigenvalue weighted by Gasteiger charge is -2.16. The van der Waals surface area contributed by atoms with Crippen LogP contribution in [0.15, 0.2) is 47.1 Å². The topological polar surface area (TPSA) is 42.0 Å². The third-order valence-electron chi connectivity index (χ3n) is 3.56. The van der Waals surface area contributed by atoms with Gasteiger partial charge in [-0.2, -0.15) is 0 Å². The number of benzene rings is 1. The Balaban J connectivity index is 1.85. The Bertz CT molecular complexity index is 656. The van der Waals surface area contributed by atoms with Gasteiger partial charge in [0.25, 0.3) is 0 Å². The molecule has 102 valence electrons. The molecule has 5 heteroatoms. The average molecular weight is 352 g/mol. The van der Waals surface area contributed by atoms with Crippen molar-refractivity contribution >= 4 is 39.1 Å². The maximum Gasteiger partial charge on any atom is 0.235 e. The number of nitrogens with one attached hydrogen (secondary N) is 1. The molecule has 1 N–H and O–H groups in total. The van der Waals surface area contributed by atoms with Crippen LogP contribution in [-0.4, -0.2) is 10.9 Å². The molecule has 3 rings (SSSR count). The Labute approximate surface area is 130 Å². The van der Waals surface area contributed by atoms with E-state index in [0.717, 1.165) is 22.9 Å². The van der Waals surface area contributed by atoms with Gasteiger partial charge in [-0.1, -0.05) is 41.9 Å². The highest BCUT2D eigenvalue weighted by Gasteiger charge is 2.51. The minimum atomic E-state index is -0.410. The van der Waals surface area contributed by atoms with Gasteiger partial charge in [0.05, 0.1) is 11.1 Å².